The average molecular weight is 292 g/mol. The summed E-state index contributed by atoms with van der Waals surface area (Å²) in [5.41, 5.74) is 1.09. The van der Waals surface area contributed by atoms with Gasteiger partial charge in [-0.15, -0.1) is 0 Å². The molecule has 2 amide bonds. The van der Waals surface area contributed by atoms with Gasteiger partial charge in [-0.3, -0.25) is 9.59 Å². The Morgan fingerprint density at radius 1 is 1.29 bits per heavy atom. The molecule has 1 fully saturated rings. The van der Waals surface area contributed by atoms with E-state index in [1.807, 2.05) is 4.90 Å². The van der Waals surface area contributed by atoms with Gasteiger partial charge < -0.3 is 10.2 Å². The highest BCUT2D eigenvalue weighted by molar-refractivity contribution is 5.94. The number of carbonyl (C=O) groups is 2. The molecule has 0 bridgehead atoms. The van der Waals surface area contributed by atoms with Crippen LogP contribution in [0.1, 0.15) is 35.7 Å². The van der Waals surface area contributed by atoms with Gasteiger partial charge in [0.05, 0.1) is 0 Å². The van der Waals surface area contributed by atoms with Crippen LogP contribution in [0.4, 0.5) is 4.39 Å². The van der Waals surface area contributed by atoms with E-state index < -0.39 is 5.82 Å². The van der Waals surface area contributed by atoms with E-state index in [9.17, 15) is 14.0 Å². The van der Waals surface area contributed by atoms with E-state index in [2.05, 4.69) is 5.32 Å². The van der Waals surface area contributed by atoms with E-state index in [4.69, 9.17) is 0 Å². The second-order valence-corrected chi connectivity index (χ2v) is 5.68. The predicted octanol–water partition coefficient (Wildman–Crippen LogP) is 2.12. The van der Waals surface area contributed by atoms with Crippen LogP contribution >= 0.6 is 0 Å². The highest BCUT2D eigenvalue weighted by Crippen LogP contribution is 2.16. The number of likely N-dealkylation sites (tertiary alicyclic amines) is 1. The lowest BCUT2D eigenvalue weighted by Gasteiger charge is -2.31. The Hall–Kier alpha value is -1.91. The number of hydrogen-bond acceptors (Lipinski definition) is 2. The number of nitrogens with zero attached hydrogens (tertiary/aromatic N) is 1. The van der Waals surface area contributed by atoms with E-state index in [1.54, 1.807) is 19.9 Å². The third-order valence-corrected chi connectivity index (χ3v) is 3.92. The number of amides is 2. The first-order valence-corrected chi connectivity index (χ1v) is 7.26. The molecule has 2 rings (SSSR count). The van der Waals surface area contributed by atoms with Crippen molar-refractivity contribution in [1.82, 2.24) is 10.2 Å². The first-order valence-electron chi connectivity index (χ1n) is 7.26. The van der Waals surface area contributed by atoms with Crippen LogP contribution in [0.2, 0.25) is 0 Å². The first kappa shape index (κ1) is 15.5. The highest BCUT2D eigenvalue weighted by atomic mass is 19.1. The van der Waals surface area contributed by atoms with Crippen LogP contribution in [0, 0.1) is 18.7 Å². The molecule has 1 aromatic carbocycles. The van der Waals surface area contributed by atoms with E-state index in [1.165, 1.54) is 12.1 Å². The lowest BCUT2D eigenvalue weighted by molar-refractivity contribution is -0.130. The molecule has 0 aromatic heterocycles. The molecule has 5 heteroatoms. The molecule has 1 N–H and O–H groups in total. The zero-order valence-corrected chi connectivity index (χ0v) is 12.5. The SMILES string of the molecule is CC(=O)N1CCC(CNC(=O)c2cc(C)cc(F)c2)CC1. The molecule has 1 aromatic rings. The molecule has 21 heavy (non-hydrogen) atoms. The van der Waals surface area contributed by atoms with Crippen molar-refractivity contribution in [2.24, 2.45) is 5.92 Å². The Morgan fingerprint density at radius 2 is 1.95 bits per heavy atom. The van der Waals surface area contributed by atoms with Crippen LogP contribution in [0.15, 0.2) is 18.2 Å². The van der Waals surface area contributed by atoms with E-state index in [-0.39, 0.29) is 11.8 Å². The second kappa shape index (κ2) is 6.70. The van der Waals surface area contributed by atoms with Crippen LogP contribution < -0.4 is 5.32 Å². The van der Waals surface area contributed by atoms with Gasteiger partial charge in [-0.05, 0) is 49.4 Å². The van der Waals surface area contributed by atoms with E-state index in [0.29, 0.717) is 18.0 Å². The van der Waals surface area contributed by atoms with Crippen molar-refractivity contribution in [3.63, 3.8) is 0 Å². The van der Waals surface area contributed by atoms with Crippen LogP contribution in [-0.4, -0.2) is 36.3 Å². The van der Waals surface area contributed by atoms with Gasteiger partial charge in [0.1, 0.15) is 5.82 Å². The van der Waals surface area contributed by atoms with Gasteiger partial charge in [-0.25, -0.2) is 4.39 Å². The molecule has 0 spiro atoms. The van der Waals surface area contributed by atoms with E-state index in [0.717, 1.165) is 31.5 Å². The molecule has 114 valence electrons. The maximum Gasteiger partial charge on any atom is 0.251 e. The van der Waals surface area contributed by atoms with Gasteiger partial charge in [0.2, 0.25) is 5.91 Å². The molecule has 1 heterocycles. The number of halogens is 1. The number of rotatable bonds is 3. The third-order valence-electron chi connectivity index (χ3n) is 3.92. The summed E-state index contributed by atoms with van der Waals surface area (Å²) in [5.74, 6) is -0.159. The number of aryl methyl sites for hydroxylation is 1. The van der Waals surface area contributed by atoms with Crippen LogP contribution in [0.3, 0.4) is 0 Å². The molecule has 0 radical (unpaired) electrons. The Kier molecular flexibility index (Phi) is 4.94. The fraction of sp³-hybridized carbons (Fsp3) is 0.500. The fourth-order valence-electron chi connectivity index (χ4n) is 2.66. The standard InChI is InChI=1S/C16H21FN2O2/c1-11-7-14(9-15(17)8-11)16(21)18-10-13-3-5-19(6-4-13)12(2)20/h7-9,13H,3-6,10H2,1-2H3,(H,18,21). The summed E-state index contributed by atoms with van der Waals surface area (Å²) < 4.78 is 13.3. The monoisotopic (exact) mass is 292 g/mol. The minimum atomic E-state index is -0.394. The maximum atomic E-state index is 13.3. The van der Waals surface area contributed by atoms with Crippen LogP contribution in [-0.2, 0) is 4.79 Å². The van der Waals surface area contributed by atoms with Crippen molar-refractivity contribution in [3.05, 3.63) is 35.1 Å². The molecule has 0 aliphatic carbocycles. The zero-order chi connectivity index (χ0) is 15.4. The molecule has 0 atom stereocenters. The zero-order valence-electron chi connectivity index (χ0n) is 12.5. The molecule has 1 saturated heterocycles. The minimum Gasteiger partial charge on any atom is -0.352 e. The van der Waals surface area contributed by atoms with Crippen molar-refractivity contribution < 1.29 is 14.0 Å². The molecule has 1 aliphatic heterocycles. The minimum absolute atomic E-state index is 0.104. The molecule has 0 unspecified atom stereocenters. The number of benzene rings is 1. The number of piperidine rings is 1. The quantitative estimate of drug-likeness (QED) is 0.927. The van der Waals surface area contributed by atoms with Gasteiger partial charge in [-0.2, -0.15) is 0 Å². The molecule has 1 aliphatic rings. The van der Waals surface area contributed by atoms with Gasteiger partial charge in [0.15, 0.2) is 0 Å². The van der Waals surface area contributed by atoms with Crippen molar-refractivity contribution in [2.75, 3.05) is 19.6 Å². The topological polar surface area (TPSA) is 49.4 Å². The lowest BCUT2D eigenvalue weighted by Crippen LogP contribution is -2.40. The van der Waals surface area contributed by atoms with E-state index >= 15 is 0 Å². The van der Waals surface area contributed by atoms with Gasteiger partial charge >= 0.3 is 0 Å². The smallest absolute Gasteiger partial charge is 0.251 e. The average Bonchev–Trinajstić information content (AvgIpc) is 2.44. The third kappa shape index (κ3) is 4.28. The van der Waals surface area contributed by atoms with Gasteiger partial charge in [-0.1, -0.05) is 0 Å². The lowest BCUT2D eigenvalue weighted by atomic mass is 9.96. The Bertz CT molecular complexity index is 517. The largest absolute Gasteiger partial charge is 0.352 e. The summed E-state index contributed by atoms with van der Waals surface area (Å²) in [6.07, 6.45) is 1.78. The van der Waals surface area contributed by atoms with Crippen LogP contribution in [0.5, 0.6) is 0 Å². The summed E-state index contributed by atoms with van der Waals surface area (Å²) >= 11 is 0. The van der Waals surface area contributed by atoms with Crippen molar-refractivity contribution in [2.45, 2.75) is 26.7 Å². The highest BCUT2D eigenvalue weighted by Gasteiger charge is 2.21. The predicted molar refractivity (Wildman–Crippen MR) is 78.4 cm³/mol. The van der Waals surface area contributed by atoms with Gasteiger partial charge in [0, 0.05) is 32.1 Å². The Balaban J connectivity index is 1.83. The normalized spacial score (nSPS) is 15.9. The summed E-state index contributed by atoms with van der Waals surface area (Å²) in [4.78, 5) is 25.1. The van der Waals surface area contributed by atoms with Gasteiger partial charge in [0.25, 0.3) is 5.91 Å². The van der Waals surface area contributed by atoms with Crippen LogP contribution in [0.25, 0.3) is 0 Å². The molecular weight excluding hydrogens is 271 g/mol. The second-order valence-electron chi connectivity index (χ2n) is 5.68. The summed E-state index contributed by atoms with van der Waals surface area (Å²) in [6, 6.07) is 4.33. The fourth-order valence-corrected chi connectivity index (χ4v) is 2.66. The summed E-state index contributed by atoms with van der Waals surface area (Å²) in [5, 5.41) is 2.86. The maximum absolute atomic E-state index is 13.3. The number of hydrogen-bond donors (Lipinski definition) is 1. The van der Waals surface area contributed by atoms with Crippen molar-refractivity contribution >= 4 is 11.8 Å². The molecule has 4 nitrogen and oxygen atoms in total. The molecular formula is C16H21FN2O2. The number of nitrogens with one attached hydrogen (secondary N) is 1. The summed E-state index contributed by atoms with van der Waals surface area (Å²) in [6.45, 7) is 5.40. The van der Waals surface area contributed by atoms with Crippen molar-refractivity contribution in [3.8, 4) is 0 Å². The summed E-state index contributed by atoms with van der Waals surface area (Å²) in [7, 11) is 0. The number of carbonyl (C=O) groups excluding carboxylic acids is 2. The first-order chi connectivity index (χ1) is 9.95. The molecule has 0 saturated carbocycles. The Morgan fingerprint density at radius 3 is 2.52 bits per heavy atom. The Labute approximate surface area is 124 Å². The van der Waals surface area contributed by atoms with Crippen molar-refractivity contribution in [1.29, 1.82) is 0 Å².